The van der Waals surface area contributed by atoms with Gasteiger partial charge in [0.2, 0.25) is 0 Å². The van der Waals surface area contributed by atoms with Gasteiger partial charge < -0.3 is 0 Å². The molecule has 0 fully saturated rings. The van der Waals surface area contributed by atoms with E-state index in [1.54, 1.807) is 0 Å². The molecule has 0 heterocycles. The molecule has 0 saturated heterocycles. The molecular weight excluding hydrogens is 317 g/mol. The summed E-state index contributed by atoms with van der Waals surface area (Å²) in [5.74, 6) is -4.69. The molecule has 0 aliphatic carbocycles. The molecule has 0 spiro atoms. The maximum Gasteiger partial charge on any atom is 0.315 e. The lowest BCUT2D eigenvalue weighted by molar-refractivity contribution is 0.344. The third-order valence-corrected chi connectivity index (χ3v) is 2.97. The minimum absolute atomic E-state index is 0.121. The topological polar surface area (TPSA) is 0 Å². The monoisotopic (exact) mass is 318 g/mol. The second-order valence-electron chi connectivity index (χ2n) is 2.67. The maximum atomic E-state index is 12.7. The lowest BCUT2D eigenvalue weighted by Crippen LogP contribution is -2.11. The molecule has 0 saturated carbocycles. The van der Waals surface area contributed by atoms with Gasteiger partial charge in [0, 0.05) is 4.47 Å². The Morgan fingerprint density at radius 1 is 0.867 bits per heavy atom. The predicted molar refractivity (Wildman–Crippen MR) is 45.5 cm³/mol. The summed E-state index contributed by atoms with van der Waals surface area (Å²) < 4.78 is 85.4. The van der Waals surface area contributed by atoms with Crippen LogP contribution in [0.2, 0.25) is 0 Å². The van der Waals surface area contributed by atoms with Gasteiger partial charge in [0.15, 0.2) is 4.90 Å². The van der Waals surface area contributed by atoms with E-state index in [1.165, 1.54) is 0 Å². The van der Waals surface area contributed by atoms with E-state index >= 15 is 0 Å². The average Bonchev–Trinajstić information content (AvgIpc) is 1.74. The molecule has 0 amide bonds. The molecule has 0 N–H and O–H groups in total. The second kappa shape index (κ2) is 2.62. The van der Waals surface area contributed by atoms with Crippen molar-refractivity contribution in [2.75, 3.05) is 0 Å². The molecule has 88 valence electrons. The smallest absolute Gasteiger partial charge is 0.205 e. The molecule has 0 aliphatic heterocycles. The van der Waals surface area contributed by atoms with Crippen molar-refractivity contribution in [3.8, 4) is 0 Å². The molecule has 0 radical (unpaired) electrons. The van der Waals surface area contributed by atoms with Crippen LogP contribution < -0.4 is 0 Å². The number of hydrogen-bond donors (Lipinski definition) is 0. The standard InChI is InChI=1S/C6H2BrF7S/c7-3-1-4(8)6(5(9)2-3)15(10,11,12,13)14/h1-2H. The first-order valence-corrected chi connectivity index (χ1v) is 5.94. The fraction of sp³-hybridized carbons (Fsp3) is 0. The lowest BCUT2D eigenvalue weighted by Gasteiger charge is -2.40. The van der Waals surface area contributed by atoms with Gasteiger partial charge in [-0.05, 0) is 12.1 Å². The number of benzene rings is 1. The van der Waals surface area contributed by atoms with Crippen molar-refractivity contribution in [3.05, 3.63) is 28.2 Å². The Morgan fingerprint density at radius 3 is 1.47 bits per heavy atom. The first-order chi connectivity index (χ1) is 6.31. The Hall–Kier alpha value is -0.440. The summed E-state index contributed by atoms with van der Waals surface area (Å²) in [6, 6.07) is 0.243. The molecule has 1 aromatic rings. The van der Waals surface area contributed by atoms with Crippen molar-refractivity contribution in [1.29, 1.82) is 0 Å². The van der Waals surface area contributed by atoms with Gasteiger partial charge in [-0.3, -0.25) is 0 Å². The zero-order valence-corrected chi connectivity index (χ0v) is 8.99. The van der Waals surface area contributed by atoms with E-state index < -0.39 is 31.2 Å². The maximum absolute atomic E-state index is 12.7. The van der Waals surface area contributed by atoms with Gasteiger partial charge in [-0.15, -0.1) is 0 Å². The summed E-state index contributed by atoms with van der Waals surface area (Å²) in [5.41, 5.74) is 0. The molecule has 15 heavy (non-hydrogen) atoms. The normalized spacial score (nSPS) is 17.1. The quantitative estimate of drug-likeness (QED) is 0.609. The molecule has 0 aliphatic rings. The molecule has 9 heteroatoms. The van der Waals surface area contributed by atoms with Crippen LogP contribution in [0.25, 0.3) is 0 Å². The van der Waals surface area contributed by atoms with E-state index in [-0.39, 0.29) is 12.1 Å². The molecular formula is C6H2BrF7S. The predicted octanol–water partition coefficient (Wildman–Crippen LogP) is 5.38. The minimum Gasteiger partial charge on any atom is -0.205 e. The van der Waals surface area contributed by atoms with Gasteiger partial charge in [-0.25, -0.2) is 8.78 Å². The minimum atomic E-state index is -10.3. The van der Waals surface area contributed by atoms with E-state index in [4.69, 9.17) is 0 Å². The van der Waals surface area contributed by atoms with Crippen LogP contribution >= 0.6 is 26.2 Å². The van der Waals surface area contributed by atoms with Crippen molar-refractivity contribution >= 4 is 26.2 Å². The number of rotatable bonds is 1. The Morgan fingerprint density at radius 2 is 1.20 bits per heavy atom. The van der Waals surface area contributed by atoms with Gasteiger partial charge in [0.05, 0.1) is 0 Å². The van der Waals surface area contributed by atoms with Crippen LogP contribution in [0.3, 0.4) is 0 Å². The fourth-order valence-electron chi connectivity index (χ4n) is 0.897. The van der Waals surface area contributed by atoms with Crippen molar-refractivity contribution in [3.63, 3.8) is 0 Å². The van der Waals surface area contributed by atoms with Crippen LogP contribution in [0.15, 0.2) is 21.5 Å². The van der Waals surface area contributed by atoms with Crippen LogP contribution in [-0.4, -0.2) is 0 Å². The van der Waals surface area contributed by atoms with Gasteiger partial charge in [-0.1, -0.05) is 35.4 Å². The average molecular weight is 319 g/mol. The van der Waals surface area contributed by atoms with E-state index in [2.05, 4.69) is 15.9 Å². The van der Waals surface area contributed by atoms with Crippen molar-refractivity contribution in [2.45, 2.75) is 4.90 Å². The summed E-state index contributed by atoms with van der Waals surface area (Å²) in [6.07, 6.45) is 0. The summed E-state index contributed by atoms with van der Waals surface area (Å²) in [5, 5.41) is 0. The highest BCUT2D eigenvalue weighted by Crippen LogP contribution is 3.02. The Balaban J connectivity index is 3.69. The van der Waals surface area contributed by atoms with Crippen molar-refractivity contribution < 1.29 is 28.2 Å². The molecule has 1 rings (SSSR count). The van der Waals surface area contributed by atoms with E-state index in [0.717, 1.165) is 0 Å². The summed E-state index contributed by atoms with van der Waals surface area (Å²) in [7, 11) is -10.3. The first-order valence-electron chi connectivity index (χ1n) is 3.20. The summed E-state index contributed by atoms with van der Waals surface area (Å²) in [6.45, 7) is 0. The van der Waals surface area contributed by atoms with Crippen LogP contribution in [0.4, 0.5) is 28.2 Å². The van der Waals surface area contributed by atoms with E-state index in [9.17, 15) is 28.2 Å². The van der Waals surface area contributed by atoms with Crippen LogP contribution in [0.1, 0.15) is 0 Å². The van der Waals surface area contributed by atoms with Crippen LogP contribution in [0.5, 0.6) is 0 Å². The molecule has 1 aromatic carbocycles. The molecule has 0 atom stereocenters. The fourth-order valence-corrected chi connectivity index (χ4v) is 2.15. The zero-order valence-electron chi connectivity index (χ0n) is 6.59. The van der Waals surface area contributed by atoms with Crippen molar-refractivity contribution in [2.24, 2.45) is 0 Å². The highest BCUT2D eigenvalue weighted by molar-refractivity contribution is 9.10. The summed E-state index contributed by atoms with van der Waals surface area (Å²) >= 11 is 2.47. The van der Waals surface area contributed by atoms with E-state index in [1.807, 2.05) is 0 Å². The van der Waals surface area contributed by atoms with Gasteiger partial charge in [-0.2, -0.15) is 0 Å². The molecule has 0 nitrogen and oxygen atoms in total. The largest absolute Gasteiger partial charge is 0.315 e. The van der Waals surface area contributed by atoms with E-state index in [0.29, 0.717) is 0 Å². The van der Waals surface area contributed by atoms with Gasteiger partial charge in [0.25, 0.3) is 0 Å². The molecule has 0 aromatic heterocycles. The highest BCUT2D eigenvalue weighted by atomic mass is 79.9. The van der Waals surface area contributed by atoms with Crippen molar-refractivity contribution in [1.82, 2.24) is 0 Å². The Bertz CT molecular complexity index is 399. The SMILES string of the molecule is Fc1cc(Br)cc(F)c1S(F)(F)(F)(F)F. The van der Waals surface area contributed by atoms with Gasteiger partial charge in [0.1, 0.15) is 11.6 Å². The Labute approximate surface area is 87.9 Å². The molecule has 0 bridgehead atoms. The van der Waals surface area contributed by atoms with Gasteiger partial charge >= 0.3 is 10.2 Å². The third kappa shape index (κ3) is 2.77. The number of hydrogen-bond acceptors (Lipinski definition) is 0. The first kappa shape index (κ1) is 12.6. The summed E-state index contributed by atoms with van der Waals surface area (Å²) in [4.78, 5) is -3.11. The van der Waals surface area contributed by atoms with Crippen LogP contribution in [0, 0.1) is 11.6 Å². The second-order valence-corrected chi connectivity index (χ2v) is 5.93. The third-order valence-electron chi connectivity index (χ3n) is 1.35. The highest BCUT2D eigenvalue weighted by Gasteiger charge is 2.68. The van der Waals surface area contributed by atoms with Crippen LogP contribution in [-0.2, 0) is 0 Å². The lowest BCUT2D eigenvalue weighted by atomic mass is 10.3. The number of halogens is 8. The Kier molecular flexibility index (Phi) is 2.21. The zero-order chi connectivity index (χ0) is 12.1. The molecule has 0 unspecified atom stereocenters.